The topological polar surface area (TPSA) is 72.5 Å². The average Bonchev–Trinajstić information content (AvgIpc) is 3.14. The maximum atomic E-state index is 12.1. The summed E-state index contributed by atoms with van der Waals surface area (Å²) in [5.74, 6) is 0.754. The van der Waals surface area contributed by atoms with Crippen molar-refractivity contribution >= 4 is 5.97 Å². The van der Waals surface area contributed by atoms with E-state index >= 15 is 0 Å². The van der Waals surface area contributed by atoms with Gasteiger partial charge in [-0.15, -0.1) is 0 Å². The Morgan fingerprint density at radius 3 is 2.52 bits per heavy atom. The number of nitrogens with zero attached hydrogens (tertiary/aromatic N) is 1. The van der Waals surface area contributed by atoms with Gasteiger partial charge in [0.05, 0.1) is 11.6 Å². The van der Waals surface area contributed by atoms with E-state index in [4.69, 9.17) is 19.2 Å². The van der Waals surface area contributed by atoms with Crippen LogP contribution in [0.25, 0.3) is 0 Å². The number of furan rings is 1. The normalized spacial score (nSPS) is 10.0. The monoisotopic (exact) mass is 333 g/mol. The Balaban J connectivity index is 1.56. The quantitative estimate of drug-likeness (QED) is 0.635. The van der Waals surface area contributed by atoms with E-state index < -0.39 is 5.97 Å². The Kier molecular flexibility index (Phi) is 5.13. The molecule has 0 saturated heterocycles. The molecule has 0 aliphatic carbocycles. The third kappa shape index (κ3) is 4.27. The van der Waals surface area contributed by atoms with Crippen LogP contribution in [0.1, 0.15) is 27.4 Å². The van der Waals surface area contributed by atoms with E-state index in [1.165, 1.54) is 0 Å². The number of rotatable bonds is 6. The maximum absolute atomic E-state index is 12.1. The van der Waals surface area contributed by atoms with Crippen molar-refractivity contribution in [1.29, 1.82) is 5.26 Å². The van der Waals surface area contributed by atoms with Crippen molar-refractivity contribution in [2.75, 3.05) is 0 Å². The number of hydrogen-bond acceptors (Lipinski definition) is 5. The lowest BCUT2D eigenvalue weighted by Crippen LogP contribution is -2.05. The van der Waals surface area contributed by atoms with Crippen molar-refractivity contribution in [3.05, 3.63) is 89.4 Å². The molecule has 1 heterocycles. The van der Waals surface area contributed by atoms with Gasteiger partial charge in [-0.1, -0.05) is 36.4 Å². The lowest BCUT2D eigenvalue weighted by molar-refractivity contribution is 0.0432. The van der Waals surface area contributed by atoms with Crippen molar-refractivity contribution in [1.82, 2.24) is 0 Å². The van der Waals surface area contributed by atoms with Gasteiger partial charge < -0.3 is 13.9 Å². The Hall–Kier alpha value is -3.52. The molecule has 0 radical (unpaired) electrons. The van der Waals surface area contributed by atoms with Crippen LogP contribution in [-0.4, -0.2) is 5.97 Å². The first-order valence-electron chi connectivity index (χ1n) is 7.68. The summed E-state index contributed by atoms with van der Waals surface area (Å²) in [5, 5.41) is 9.03. The summed E-state index contributed by atoms with van der Waals surface area (Å²) in [5.41, 5.74) is 1.13. The van der Waals surface area contributed by atoms with Crippen molar-refractivity contribution in [3.63, 3.8) is 0 Å². The first kappa shape index (κ1) is 16.3. The molecule has 0 unspecified atom stereocenters. The van der Waals surface area contributed by atoms with Gasteiger partial charge in [0, 0.05) is 5.56 Å². The van der Waals surface area contributed by atoms with Gasteiger partial charge >= 0.3 is 5.97 Å². The van der Waals surface area contributed by atoms with Gasteiger partial charge in [-0.25, -0.2) is 4.79 Å². The summed E-state index contributed by atoms with van der Waals surface area (Å²) in [6.45, 7) is 0.230. The molecule has 0 aliphatic heterocycles. The molecule has 2 aromatic carbocycles. The van der Waals surface area contributed by atoms with Crippen LogP contribution in [0.5, 0.6) is 5.75 Å². The number of nitriles is 1. The van der Waals surface area contributed by atoms with Crippen LogP contribution in [0.15, 0.2) is 71.1 Å². The molecule has 1 aromatic heterocycles. The van der Waals surface area contributed by atoms with Gasteiger partial charge in [0.25, 0.3) is 0 Å². The summed E-state index contributed by atoms with van der Waals surface area (Å²) in [6.07, 6.45) is 0. The molecule has 5 heteroatoms. The zero-order chi connectivity index (χ0) is 17.5. The molecule has 0 N–H and O–H groups in total. The Labute approximate surface area is 145 Å². The van der Waals surface area contributed by atoms with E-state index in [2.05, 4.69) is 6.07 Å². The van der Waals surface area contributed by atoms with Crippen LogP contribution < -0.4 is 4.74 Å². The number of esters is 1. The van der Waals surface area contributed by atoms with E-state index in [0.717, 1.165) is 5.75 Å². The van der Waals surface area contributed by atoms with E-state index in [-0.39, 0.29) is 19.0 Å². The minimum absolute atomic E-state index is 0.0130. The molecule has 0 aliphatic rings. The van der Waals surface area contributed by atoms with E-state index in [0.29, 0.717) is 16.9 Å². The standard InChI is InChI=1S/C20H15NO4/c21-12-15-6-4-5-7-16(15)13-24-20(22)19-11-10-18(25-19)14-23-17-8-2-1-3-9-17/h1-11H,13-14H2. The van der Waals surface area contributed by atoms with E-state index in [1.54, 1.807) is 36.4 Å². The average molecular weight is 333 g/mol. The first-order valence-corrected chi connectivity index (χ1v) is 7.68. The smallest absolute Gasteiger partial charge is 0.374 e. The molecule has 5 nitrogen and oxygen atoms in total. The number of carbonyl (C=O) groups excluding carboxylic acids is 1. The van der Waals surface area contributed by atoms with E-state index in [1.807, 2.05) is 30.3 Å². The maximum Gasteiger partial charge on any atom is 0.374 e. The third-order valence-corrected chi connectivity index (χ3v) is 3.48. The lowest BCUT2D eigenvalue weighted by Gasteiger charge is -2.05. The number of hydrogen-bond donors (Lipinski definition) is 0. The first-order chi connectivity index (χ1) is 12.3. The molecule has 0 spiro atoms. The molecule has 3 rings (SSSR count). The Morgan fingerprint density at radius 2 is 1.72 bits per heavy atom. The SMILES string of the molecule is N#Cc1ccccc1COC(=O)c1ccc(COc2ccccc2)o1. The van der Waals surface area contributed by atoms with Crippen molar-refractivity contribution in [3.8, 4) is 11.8 Å². The molecule has 0 bridgehead atoms. The number of para-hydroxylation sites is 1. The van der Waals surface area contributed by atoms with Gasteiger partial charge in [0.2, 0.25) is 5.76 Å². The van der Waals surface area contributed by atoms with Crippen LogP contribution in [0.4, 0.5) is 0 Å². The molecule has 0 amide bonds. The van der Waals surface area contributed by atoms with Crippen molar-refractivity contribution in [2.24, 2.45) is 0 Å². The Bertz CT molecular complexity index is 893. The number of ether oxygens (including phenoxy) is 2. The molecule has 0 saturated carbocycles. The van der Waals surface area contributed by atoms with Crippen LogP contribution in [-0.2, 0) is 18.0 Å². The highest BCUT2D eigenvalue weighted by atomic mass is 16.5. The van der Waals surface area contributed by atoms with Crippen LogP contribution in [0, 0.1) is 11.3 Å². The molecule has 124 valence electrons. The lowest BCUT2D eigenvalue weighted by atomic mass is 10.1. The number of benzene rings is 2. The zero-order valence-electron chi connectivity index (χ0n) is 13.3. The highest BCUT2D eigenvalue weighted by Gasteiger charge is 2.14. The third-order valence-electron chi connectivity index (χ3n) is 3.48. The van der Waals surface area contributed by atoms with Crippen molar-refractivity contribution in [2.45, 2.75) is 13.2 Å². The summed E-state index contributed by atoms with van der Waals surface area (Å²) in [7, 11) is 0. The van der Waals surface area contributed by atoms with Gasteiger partial charge in [-0.05, 0) is 30.3 Å². The minimum atomic E-state index is -0.585. The van der Waals surface area contributed by atoms with Gasteiger partial charge in [0.1, 0.15) is 24.7 Å². The molecule has 25 heavy (non-hydrogen) atoms. The molecule has 0 atom stereocenters. The molecule has 3 aromatic rings. The predicted octanol–water partition coefficient (Wildman–Crippen LogP) is 4.09. The minimum Gasteiger partial charge on any atom is -0.486 e. The summed E-state index contributed by atoms with van der Waals surface area (Å²) in [4.78, 5) is 12.1. The summed E-state index contributed by atoms with van der Waals surface area (Å²) in [6, 6.07) is 21.6. The fourth-order valence-electron chi connectivity index (χ4n) is 2.21. The second-order valence-corrected chi connectivity index (χ2v) is 5.21. The fourth-order valence-corrected chi connectivity index (χ4v) is 2.21. The van der Waals surface area contributed by atoms with Crippen LogP contribution >= 0.6 is 0 Å². The van der Waals surface area contributed by atoms with Crippen LogP contribution in [0.3, 0.4) is 0 Å². The van der Waals surface area contributed by atoms with Gasteiger partial charge in [0.15, 0.2) is 0 Å². The summed E-state index contributed by atoms with van der Waals surface area (Å²) >= 11 is 0. The summed E-state index contributed by atoms with van der Waals surface area (Å²) < 4.78 is 16.2. The second kappa shape index (κ2) is 7.84. The van der Waals surface area contributed by atoms with E-state index in [9.17, 15) is 4.79 Å². The van der Waals surface area contributed by atoms with Gasteiger partial charge in [-0.2, -0.15) is 5.26 Å². The number of carbonyl (C=O) groups is 1. The molecule has 0 fully saturated rings. The highest BCUT2D eigenvalue weighted by molar-refractivity contribution is 5.86. The molecular weight excluding hydrogens is 318 g/mol. The fraction of sp³-hybridized carbons (Fsp3) is 0.100. The van der Waals surface area contributed by atoms with Crippen LogP contribution in [0.2, 0.25) is 0 Å². The Morgan fingerprint density at radius 1 is 0.960 bits per heavy atom. The second-order valence-electron chi connectivity index (χ2n) is 5.21. The van der Waals surface area contributed by atoms with Gasteiger partial charge in [-0.3, -0.25) is 0 Å². The largest absolute Gasteiger partial charge is 0.486 e. The van der Waals surface area contributed by atoms with Crippen molar-refractivity contribution < 1.29 is 18.7 Å². The molecular formula is C20H15NO4. The zero-order valence-corrected chi connectivity index (χ0v) is 13.3. The predicted molar refractivity (Wildman–Crippen MR) is 89.8 cm³/mol. The highest BCUT2D eigenvalue weighted by Crippen LogP contribution is 2.15.